The van der Waals surface area contributed by atoms with Crippen molar-refractivity contribution in [3.63, 3.8) is 0 Å². The lowest BCUT2D eigenvalue weighted by molar-refractivity contribution is 0.0690. The summed E-state index contributed by atoms with van der Waals surface area (Å²) in [5, 5.41) is 9.84. The van der Waals surface area contributed by atoms with Crippen molar-refractivity contribution < 1.29 is 18.3 Å². The largest absolute Gasteiger partial charge is 0.477 e. The van der Waals surface area contributed by atoms with E-state index in [0.717, 1.165) is 0 Å². The molecule has 2 N–H and O–H groups in total. The van der Waals surface area contributed by atoms with E-state index in [1.54, 1.807) is 42.5 Å². The third kappa shape index (κ3) is 4.83. The molecule has 164 valence electrons. The molecule has 2 heterocycles. The predicted molar refractivity (Wildman–Crippen MR) is 129 cm³/mol. The lowest BCUT2D eigenvalue weighted by Gasteiger charge is -2.13. The van der Waals surface area contributed by atoms with Crippen molar-refractivity contribution in [1.82, 2.24) is 9.97 Å². The molecule has 4 rings (SSSR count). The fourth-order valence-corrected chi connectivity index (χ4v) is 5.48. The summed E-state index contributed by atoms with van der Waals surface area (Å²) < 4.78 is 29.6. The topological polar surface area (TPSA) is 109 Å². The highest BCUT2D eigenvalue weighted by Crippen LogP contribution is 2.33. The van der Waals surface area contributed by atoms with Crippen molar-refractivity contribution in [3.05, 3.63) is 93.3 Å². The van der Waals surface area contributed by atoms with Gasteiger partial charge in [0.25, 0.3) is 10.0 Å². The van der Waals surface area contributed by atoms with E-state index in [1.165, 1.54) is 24.5 Å². The lowest BCUT2D eigenvalue weighted by atomic mass is 10.1. The van der Waals surface area contributed by atoms with Gasteiger partial charge in [-0.25, -0.2) is 18.2 Å². The number of sulfonamides is 1. The van der Waals surface area contributed by atoms with Gasteiger partial charge in [-0.1, -0.05) is 41.6 Å². The normalized spacial score (nSPS) is 11.0. The summed E-state index contributed by atoms with van der Waals surface area (Å²) in [6.07, 6.45) is 2.78. The molecular formula is C23H13BrClN3O4S. The average molecular weight is 543 g/mol. The zero-order valence-corrected chi connectivity index (χ0v) is 19.7. The van der Waals surface area contributed by atoms with Gasteiger partial charge in [-0.15, -0.1) is 0 Å². The Labute approximate surface area is 202 Å². The van der Waals surface area contributed by atoms with Gasteiger partial charge >= 0.3 is 5.97 Å². The maximum Gasteiger partial charge on any atom is 0.354 e. The smallest absolute Gasteiger partial charge is 0.354 e. The van der Waals surface area contributed by atoms with Gasteiger partial charge in [0.15, 0.2) is 0 Å². The highest BCUT2D eigenvalue weighted by molar-refractivity contribution is 9.10. The van der Waals surface area contributed by atoms with Crippen molar-refractivity contribution >= 4 is 60.1 Å². The van der Waals surface area contributed by atoms with Gasteiger partial charge in [0.2, 0.25) is 0 Å². The first-order valence-electron chi connectivity index (χ1n) is 9.32. The molecule has 0 spiro atoms. The zero-order valence-electron chi connectivity index (χ0n) is 16.6. The predicted octanol–water partition coefficient (Wildman–Crippen LogP) is 4.94. The Hall–Kier alpha value is -3.45. The number of aromatic carboxylic acids is 1. The summed E-state index contributed by atoms with van der Waals surface area (Å²) >= 11 is 9.52. The molecule has 33 heavy (non-hydrogen) atoms. The number of carbonyl (C=O) groups is 1. The van der Waals surface area contributed by atoms with E-state index in [9.17, 15) is 13.2 Å². The van der Waals surface area contributed by atoms with E-state index in [1.807, 2.05) is 0 Å². The number of hydrogen-bond acceptors (Lipinski definition) is 5. The Balaban J connectivity index is 1.72. The Morgan fingerprint density at radius 1 is 1.03 bits per heavy atom. The monoisotopic (exact) mass is 541 g/mol. The maximum absolute atomic E-state index is 13.3. The second kappa shape index (κ2) is 9.19. The molecule has 4 aromatic rings. The Morgan fingerprint density at radius 3 is 2.55 bits per heavy atom. The van der Waals surface area contributed by atoms with Crippen LogP contribution in [0.5, 0.6) is 0 Å². The third-order valence-corrected chi connectivity index (χ3v) is 7.22. The van der Waals surface area contributed by atoms with Gasteiger partial charge in [0.05, 0.1) is 16.2 Å². The number of halogens is 2. The molecule has 0 saturated carbocycles. The number of nitrogens with zero attached hydrogens (tertiary/aromatic N) is 2. The molecule has 0 aliphatic heterocycles. The molecule has 10 heteroatoms. The Morgan fingerprint density at radius 2 is 1.82 bits per heavy atom. The van der Waals surface area contributed by atoms with Crippen LogP contribution in [0.1, 0.15) is 21.6 Å². The minimum absolute atomic E-state index is 0.0429. The van der Waals surface area contributed by atoms with Crippen molar-refractivity contribution in [2.75, 3.05) is 4.72 Å². The summed E-state index contributed by atoms with van der Waals surface area (Å²) in [5.41, 5.74) is 1.31. The molecule has 2 aromatic carbocycles. The highest BCUT2D eigenvalue weighted by Gasteiger charge is 2.23. The zero-order chi connectivity index (χ0) is 23.6. The van der Waals surface area contributed by atoms with Crippen LogP contribution < -0.4 is 4.72 Å². The molecule has 0 bridgehead atoms. The number of rotatable bonds is 4. The van der Waals surface area contributed by atoms with Crippen molar-refractivity contribution in [2.45, 2.75) is 4.90 Å². The fourth-order valence-electron chi connectivity index (χ4n) is 3.00. The van der Waals surface area contributed by atoms with E-state index in [0.29, 0.717) is 26.0 Å². The molecule has 0 amide bonds. The molecule has 0 atom stereocenters. The second-order valence-corrected chi connectivity index (χ2v) is 9.58. The number of para-hydroxylation sites is 1. The summed E-state index contributed by atoms with van der Waals surface area (Å²) in [6, 6.07) is 14.4. The Kier molecular flexibility index (Phi) is 6.33. The van der Waals surface area contributed by atoms with Crippen molar-refractivity contribution in [2.24, 2.45) is 0 Å². The molecule has 0 saturated heterocycles. The number of hydrogen-bond donors (Lipinski definition) is 2. The van der Waals surface area contributed by atoms with Crippen LogP contribution in [0.2, 0.25) is 5.02 Å². The molecule has 0 unspecified atom stereocenters. The van der Waals surface area contributed by atoms with E-state index >= 15 is 0 Å². The molecule has 7 nitrogen and oxygen atoms in total. The number of carboxylic acids is 1. The van der Waals surface area contributed by atoms with E-state index < -0.39 is 16.0 Å². The van der Waals surface area contributed by atoms with Crippen LogP contribution in [0.4, 0.5) is 5.69 Å². The summed E-state index contributed by atoms with van der Waals surface area (Å²) in [6.45, 7) is 0. The minimum Gasteiger partial charge on any atom is -0.477 e. The SMILES string of the molecule is O=C(O)c1ccc(C#Cc2ccccc2NS(=O)(=O)c2c(Br)ccc3c(Cl)ccnc23)cn1. The van der Waals surface area contributed by atoms with Crippen molar-refractivity contribution in [1.29, 1.82) is 0 Å². The van der Waals surface area contributed by atoms with Gasteiger partial charge in [-0.2, -0.15) is 0 Å². The third-order valence-electron chi connectivity index (χ3n) is 4.53. The first-order valence-corrected chi connectivity index (χ1v) is 12.0. The quantitative estimate of drug-likeness (QED) is 0.353. The van der Waals surface area contributed by atoms with Gasteiger partial charge in [-0.05, 0) is 52.3 Å². The Bertz CT molecular complexity index is 1560. The molecule has 0 aliphatic rings. The van der Waals surface area contributed by atoms with E-state index in [4.69, 9.17) is 16.7 Å². The molecule has 0 aliphatic carbocycles. The summed E-state index contributed by atoms with van der Waals surface area (Å²) in [7, 11) is -4.07. The number of fused-ring (bicyclic) bond motifs is 1. The lowest BCUT2D eigenvalue weighted by Crippen LogP contribution is -2.15. The molecule has 2 aromatic heterocycles. The van der Waals surface area contributed by atoms with Crippen LogP contribution in [-0.4, -0.2) is 29.5 Å². The van der Waals surface area contributed by atoms with Crippen LogP contribution in [0.25, 0.3) is 10.9 Å². The molecular weight excluding hydrogens is 530 g/mol. The highest BCUT2D eigenvalue weighted by atomic mass is 79.9. The van der Waals surface area contributed by atoms with Gasteiger partial charge in [-0.3, -0.25) is 9.71 Å². The van der Waals surface area contributed by atoms with Gasteiger partial charge in [0, 0.05) is 33.4 Å². The molecule has 0 radical (unpaired) electrons. The molecule has 0 fully saturated rings. The van der Waals surface area contributed by atoms with E-state index in [-0.39, 0.29) is 21.8 Å². The van der Waals surface area contributed by atoms with Gasteiger partial charge < -0.3 is 5.11 Å². The van der Waals surface area contributed by atoms with Crippen LogP contribution in [0.3, 0.4) is 0 Å². The average Bonchev–Trinajstić information content (AvgIpc) is 2.78. The summed E-state index contributed by atoms with van der Waals surface area (Å²) in [5.74, 6) is 4.63. The second-order valence-electron chi connectivity index (χ2n) is 6.70. The maximum atomic E-state index is 13.3. The standard InChI is InChI=1S/C23H13BrClN3O4S/c24-17-9-8-16-18(25)11-12-26-21(16)22(17)33(31,32)28-19-4-2-1-3-15(19)7-5-14-6-10-20(23(29)30)27-13-14/h1-4,6,8-13,28H,(H,29,30). The van der Waals surface area contributed by atoms with Crippen LogP contribution in [-0.2, 0) is 10.0 Å². The number of carboxylic acid groups (broad SMARTS) is 1. The van der Waals surface area contributed by atoms with Crippen LogP contribution in [0.15, 0.2) is 76.4 Å². The number of benzene rings is 2. The minimum atomic E-state index is -4.07. The first-order chi connectivity index (χ1) is 15.8. The number of anilines is 1. The van der Waals surface area contributed by atoms with Crippen LogP contribution in [0, 0.1) is 11.8 Å². The number of pyridine rings is 2. The van der Waals surface area contributed by atoms with Crippen molar-refractivity contribution in [3.8, 4) is 11.8 Å². The fraction of sp³-hybridized carbons (Fsp3) is 0. The number of nitrogens with one attached hydrogen (secondary N) is 1. The van der Waals surface area contributed by atoms with E-state index in [2.05, 4.69) is 42.5 Å². The van der Waals surface area contributed by atoms with Gasteiger partial charge in [0.1, 0.15) is 10.6 Å². The first kappa shape index (κ1) is 22.7. The number of aromatic nitrogens is 2. The van der Waals surface area contributed by atoms with Crippen LogP contribution >= 0.6 is 27.5 Å². The summed E-state index contributed by atoms with van der Waals surface area (Å²) in [4.78, 5) is 18.9.